The molecule has 3 heteroatoms. The van der Waals surface area contributed by atoms with E-state index >= 15 is 0 Å². The van der Waals surface area contributed by atoms with E-state index in [4.69, 9.17) is 0 Å². The summed E-state index contributed by atoms with van der Waals surface area (Å²) in [6.07, 6.45) is 4.14. The summed E-state index contributed by atoms with van der Waals surface area (Å²) < 4.78 is 12.2. The van der Waals surface area contributed by atoms with E-state index in [9.17, 15) is 9.18 Å². The summed E-state index contributed by atoms with van der Waals surface area (Å²) in [4.78, 5) is 11.6. The Kier molecular flexibility index (Phi) is 3.33. The molecule has 0 atom stereocenters. The number of halogens is 1. The Hall–Kier alpha value is -0.600. The molecular weight excluding hydrogens is 145 g/mol. The van der Waals surface area contributed by atoms with Crippen LogP contribution in [0.1, 0.15) is 32.1 Å². The van der Waals surface area contributed by atoms with Crippen molar-refractivity contribution in [3.63, 3.8) is 0 Å². The van der Waals surface area contributed by atoms with Gasteiger partial charge in [-0.05, 0) is 12.8 Å². The molecule has 0 N–H and O–H groups in total. The highest BCUT2D eigenvalue weighted by Gasteiger charge is 2.12. The first-order valence-corrected chi connectivity index (χ1v) is 4.25. The third-order valence-electron chi connectivity index (χ3n) is 2.10. The summed E-state index contributed by atoms with van der Waals surface area (Å²) in [5, 5.41) is 0. The Morgan fingerprint density at radius 2 is 1.45 bits per heavy atom. The molecular formula is C8H14FNO. The van der Waals surface area contributed by atoms with Crippen LogP contribution in [0, 0.1) is 0 Å². The number of carbonyl (C=O) groups is 1. The molecule has 1 heterocycles. The number of hydrogen-bond donors (Lipinski definition) is 0. The minimum atomic E-state index is -1.26. The molecule has 2 nitrogen and oxygen atoms in total. The van der Waals surface area contributed by atoms with Gasteiger partial charge in [0.2, 0.25) is 0 Å². The number of amides is 1. The topological polar surface area (TPSA) is 20.3 Å². The molecule has 1 aliphatic heterocycles. The summed E-state index contributed by atoms with van der Waals surface area (Å²) in [5.74, 6) is 0. The van der Waals surface area contributed by atoms with E-state index in [1.54, 1.807) is 0 Å². The lowest BCUT2D eigenvalue weighted by Crippen LogP contribution is -2.29. The molecule has 0 bridgehead atoms. The number of carbonyl (C=O) groups excluding carboxylic acids is 1. The van der Waals surface area contributed by atoms with Gasteiger partial charge >= 0.3 is 6.16 Å². The van der Waals surface area contributed by atoms with Crippen molar-refractivity contribution in [3.05, 3.63) is 0 Å². The number of nitrogens with zero attached hydrogens (tertiary/aromatic N) is 1. The zero-order valence-corrected chi connectivity index (χ0v) is 6.68. The second kappa shape index (κ2) is 4.31. The van der Waals surface area contributed by atoms with Gasteiger partial charge in [-0.1, -0.05) is 19.3 Å². The van der Waals surface area contributed by atoms with Crippen molar-refractivity contribution in [2.75, 3.05) is 13.1 Å². The normalized spacial score (nSPS) is 20.6. The van der Waals surface area contributed by atoms with Crippen molar-refractivity contribution >= 4 is 6.16 Å². The summed E-state index contributed by atoms with van der Waals surface area (Å²) >= 11 is 0. The van der Waals surface area contributed by atoms with E-state index in [1.807, 2.05) is 0 Å². The van der Waals surface area contributed by atoms with Crippen LogP contribution < -0.4 is 0 Å². The Labute approximate surface area is 66.4 Å². The third kappa shape index (κ3) is 2.87. The molecule has 0 spiro atoms. The fourth-order valence-electron chi connectivity index (χ4n) is 1.42. The fraction of sp³-hybridized carbons (Fsp3) is 0.875. The Balaban J connectivity index is 2.32. The van der Waals surface area contributed by atoms with Crippen molar-refractivity contribution in [1.82, 2.24) is 4.90 Å². The second-order valence-corrected chi connectivity index (χ2v) is 3.01. The predicted molar refractivity (Wildman–Crippen MR) is 41.2 cm³/mol. The summed E-state index contributed by atoms with van der Waals surface area (Å²) in [6.45, 7) is 1.21. The Bertz CT molecular complexity index is 130. The lowest BCUT2D eigenvalue weighted by atomic mass is 10.1. The summed E-state index contributed by atoms with van der Waals surface area (Å²) in [5.41, 5.74) is 0. The SMILES string of the molecule is O=C(F)N1CCCCCCC1. The maximum Gasteiger partial charge on any atom is 0.400 e. The second-order valence-electron chi connectivity index (χ2n) is 3.01. The van der Waals surface area contributed by atoms with E-state index in [0.717, 1.165) is 25.7 Å². The molecule has 0 aromatic heterocycles. The smallest absolute Gasteiger partial charge is 0.315 e. The van der Waals surface area contributed by atoms with Crippen molar-refractivity contribution in [1.29, 1.82) is 0 Å². The van der Waals surface area contributed by atoms with Crippen LogP contribution in [0.3, 0.4) is 0 Å². The standard InChI is InChI=1S/C8H14FNO/c9-8(11)10-6-4-2-1-3-5-7-10/h1-7H2. The highest BCUT2D eigenvalue weighted by Crippen LogP contribution is 2.10. The van der Waals surface area contributed by atoms with Crippen LogP contribution >= 0.6 is 0 Å². The van der Waals surface area contributed by atoms with Gasteiger partial charge in [0.25, 0.3) is 0 Å². The number of rotatable bonds is 0. The Morgan fingerprint density at radius 3 is 1.91 bits per heavy atom. The quantitative estimate of drug-likeness (QED) is 0.392. The van der Waals surface area contributed by atoms with E-state index in [2.05, 4.69) is 0 Å². The molecule has 1 fully saturated rings. The van der Waals surface area contributed by atoms with Gasteiger partial charge in [-0.2, -0.15) is 0 Å². The fourth-order valence-corrected chi connectivity index (χ4v) is 1.42. The summed E-state index contributed by atoms with van der Waals surface area (Å²) in [7, 11) is 0. The molecule has 0 unspecified atom stereocenters. The van der Waals surface area contributed by atoms with Gasteiger partial charge in [-0.3, -0.25) is 0 Å². The third-order valence-corrected chi connectivity index (χ3v) is 2.10. The maximum atomic E-state index is 12.2. The van der Waals surface area contributed by atoms with Crippen molar-refractivity contribution < 1.29 is 9.18 Å². The van der Waals surface area contributed by atoms with E-state index in [-0.39, 0.29) is 0 Å². The monoisotopic (exact) mass is 159 g/mol. The van der Waals surface area contributed by atoms with Gasteiger partial charge in [0.05, 0.1) is 0 Å². The van der Waals surface area contributed by atoms with Crippen LogP contribution in [0.25, 0.3) is 0 Å². The molecule has 11 heavy (non-hydrogen) atoms. The van der Waals surface area contributed by atoms with E-state index in [0.29, 0.717) is 13.1 Å². The van der Waals surface area contributed by atoms with E-state index in [1.165, 1.54) is 11.3 Å². The van der Waals surface area contributed by atoms with Gasteiger partial charge < -0.3 is 4.90 Å². The zero-order valence-electron chi connectivity index (χ0n) is 6.68. The van der Waals surface area contributed by atoms with Gasteiger partial charge in [0.1, 0.15) is 0 Å². The molecule has 1 rings (SSSR count). The first-order chi connectivity index (χ1) is 5.30. The molecule has 0 radical (unpaired) electrons. The van der Waals surface area contributed by atoms with Crippen LogP contribution in [-0.4, -0.2) is 24.2 Å². The molecule has 1 aliphatic rings. The van der Waals surface area contributed by atoms with Gasteiger partial charge in [-0.25, -0.2) is 4.79 Å². The first-order valence-electron chi connectivity index (χ1n) is 4.25. The molecule has 1 saturated heterocycles. The van der Waals surface area contributed by atoms with E-state index < -0.39 is 6.16 Å². The average molecular weight is 159 g/mol. The molecule has 1 amide bonds. The largest absolute Gasteiger partial charge is 0.400 e. The van der Waals surface area contributed by atoms with Crippen molar-refractivity contribution in [2.24, 2.45) is 0 Å². The molecule has 0 aromatic rings. The van der Waals surface area contributed by atoms with Crippen LogP contribution in [0.15, 0.2) is 0 Å². The van der Waals surface area contributed by atoms with Gasteiger partial charge in [0, 0.05) is 13.1 Å². The highest BCUT2D eigenvalue weighted by molar-refractivity contribution is 5.65. The van der Waals surface area contributed by atoms with Crippen LogP contribution in [-0.2, 0) is 0 Å². The van der Waals surface area contributed by atoms with Crippen molar-refractivity contribution in [3.8, 4) is 0 Å². The van der Waals surface area contributed by atoms with Crippen molar-refractivity contribution in [2.45, 2.75) is 32.1 Å². The lowest BCUT2D eigenvalue weighted by Gasteiger charge is -2.20. The lowest BCUT2D eigenvalue weighted by molar-refractivity contribution is 0.169. The van der Waals surface area contributed by atoms with Gasteiger partial charge in [-0.15, -0.1) is 4.39 Å². The number of hydrogen-bond acceptors (Lipinski definition) is 1. The number of likely N-dealkylation sites (tertiary alicyclic amines) is 1. The van der Waals surface area contributed by atoms with Crippen LogP contribution in [0.5, 0.6) is 0 Å². The minimum Gasteiger partial charge on any atom is -0.315 e. The van der Waals surface area contributed by atoms with Crippen LogP contribution in [0.2, 0.25) is 0 Å². The van der Waals surface area contributed by atoms with Crippen LogP contribution in [0.4, 0.5) is 9.18 Å². The molecule has 64 valence electrons. The van der Waals surface area contributed by atoms with Gasteiger partial charge in [0.15, 0.2) is 0 Å². The first kappa shape index (κ1) is 8.50. The predicted octanol–water partition coefficient (Wildman–Crippen LogP) is 2.34. The molecule has 0 aliphatic carbocycles. The minimum absolute atomic E-state index is 0.606. The maximum absolute atomic E-state index is 12.2. The molecule has 0 saturated carbocycles. The zero-order chi connectivity index (χ0) is 8.10. The molecule has 0 aromatic carbocycles. The highest BCUT2D eigenvalue weighted by atomic mass is 19.1. The summed E-state index contributed by atoms with van der Waals surface area (Å²) in [6, 6.07) is 0. The average Bonchev–Trinajstić information content (AvgIpc) is 1.84. The Morgan fingerprint density at radius 1 is 1.00 bits per heavy atom.